The van der Waals surface area contributed by atoms with Crippen molar-refractivity contribution in [2.45, 2.75) is 19.4 Å². The van der Waals surface area contributed by atoms with Gasteiger partial charge in [-0.05, 0) is 24.6 Å². The van der Waals surface area contributed by atoms with Gasteiger partial charge in [-0.3, -0.25) is 9.59 Å². The molecule has 96 valence electrons. The highest BCUT2D eigenvalue weighted by atomic mass is 35.5. The summed E-state index contributed by atoms with van der Waals surface area (Å²) in [6, 6.07) is 7.29. The van der Waals surface area contributed by atoms with E-state index in [1.165, 1.54) is 0 Å². The second kappa shape index (κ2) is 4.98. The van der Waals surface area contributed by atoms with Gasteiger partial charge in [0.25, 0.3) is 0 Å². The highest BCUT2D eigenvalue weighted by Gasteiger charge is 2.35. The maximum absolute atomic E-state index is 11.9. The summed E-state index contributed by atoms with van der Waals surface area (Å²) in [5.74, 6) is -0.803. The van der Waals surface area contributed by atoms with Gasteiger partial charge in [0.05, 0.1) is 12.0 Å². The molecular weight excluding hydrogens is 252 g/mol. The molecule has 5 heteroatoms. The molecular formula is C13H15ClN2O2. The van der Waals surface area contributed by atoms with E-state index in [9.17, 15) is 9.59 Å². The molecule has 0 aromatic heterocycles. The predicted octanol–water partition coefficient (Wildman–Crippen LogP) is 1.73. The fourth-order valence-corrected chi connectivity index (χ4v) is 2.34. The fraction of sp³-hybridized carbons (Fsp3) is 0.385. The monoisotopic (exact) mass is 266 g/mol. The van der Waals surface area contributed by atoms with E-state index in [4.69, 9.17) is 17.3 Å². The molecule has 0 spiro atoms. The number of nitrogens with zero attached hydrogens (tertiary/aromatic N) is 1. The van der Waals surface area contributed by atoms with Gasteiger partial charge in [-0.2, -0.15) is 0 Å². The lowest BCUT2D eigenvalue weighted by Gasteiger charge is -2.25. The highest BCUT2D eigenvalue weighted by molar-refractivity contribution is 6.30. The molecule has 4 nitrogen and oxygen atoms in total. The first-order chi connectivity index (χ1) is 8.49. The number of carbonyl (C=O) groups is 2. The Balaban J connectivity index is 2.14. The summed E-state index contributed by atoms with van der Waals surface area (Å²) >= 11 is 5.83. The van der Waals surface area contributed by atoms with Crippen LogP contribution in [0.3, 0.4) is 0 Å². The van der Waals surface area contributed by atoms with Crippen LogP contribution in [-0.2, 0) is 9.59 Å². The van der Waals surface area contributed by atoms with E-state index in [1.807, 2.05) is 19.1 Å². The molecule has 2 N–H and O–H groups in total. The number of halogens is 1. The second-order valence-electron chi connectivity index (χ2n) is 4.58. The van der Waals surface area contributed by atoms with E-state index in [-0.39, 0.29) is 24.3 Å². The lowest BCUT2D eigenvalue weighted by molar-refractivity contribution is -0.130. The first-order valence-electron chi connectivity index (χ1n) is 5.83. The molecule has 1 aliphatic rings. The number of hydrogen-bond acceptors (Lipinski definition) is 2. The van der Waals surface area contributed by atoms with Crippen LogP contribution < -0.4 is 5.73 Å². The van der Waals surface area contributed by atoms with Gasteiger partial charge in [0.1, 0.15) is 0 Å². The van der Waals surface area contributed by atoms with Crippen LogP contribution in [0.5, 0.6) is 0 Å². The maximum atomic E-state index is 11.9. The summed E-state index contributed by atoms with van der Waals surface area (Å²) in [6.45, 7) is 2.34. The molecule has 0 radical (unpaired) electrons. The van der Waals surface area contributed by atoms with Gasteiger partial charge in [-0.25, -0.2) is 0 Å². The van der Waals surface area contributed by atoms with Crippen LogP contribution in [0.25, 0.3) is 0 Å². The second-order valence-corrected chi connectivity index (χ2v) is 5.01. The molecule has 1 aliphatic heterocycles. The van der Waals surface area contributed by atoms with Gasteiger partial charge in [-0.15, -0.1) is 0 Å². The van der Waals surface area contributed by atoms with E-state index < -0.39 is 5.91 Å². The van der Waals surface area contributed by atoms with Crippen molar-refractivity contribution >= 4 is 23.4 Å². The molecule has 2 unspecified atom stereocenters. The largest absolute Gasteiger partial charge is 0.369 e. The van der Waals surface area contributed by atoms with E-state index in [2.05, 4.69) is 0 Å². The molecule has 1 aromatic carbocycles. The van der Waals surface area contributed by atoms with Gasteiger partial charge in [0, 0.05) is 18.0 Å². The third-order valence-corrected chi connectivity index (χ3v) is 3.63. The zero-order valence-corrected chi connectivity index (χ0v) is 10.9. The zero-order chi connectivity index (χ0) is 13.3. The lowest BCUT2D eigenvalue weighted by atomic mass is 10.1. The molecule has 0 bridgehead atoms. The quantitative estimate of drug-likeness (QED) is 0.906. The van der Waals surface area contributed by atoms with E-state index in [0.29, 0.717) is 11.6 Å². The minimum Gasteiger partial charge on any atom is -0.369 e. The van der Waals surface area contributed by atoms with Crippen LogP contribution in [0.4, 0.5) is 0 Å². The molecule has 1 fully saturated rings. The number of nitrogens with two attached hydrogens (primary N) is 1. The number of carbonyl (C=O) groups excluding carboxylic acids is 2. The molecule has 2 amide bonds. The Labute approximate surface area is 111 Å². The molecule has 1 heterocycles. The fourth-order valence-electron chi connectivity index (χ4n) is 2.22. The molecule has 18 heavy (non-hydrogen) atoms. The van der Waals surface area contributed by atoms with Crippen molar-refractivity contribution in [1.82, 2.24) is 4.90 Å². The van der Waals surface area contributed by atoms with Gasteiger partial charge < -0.3 is 10.6 Å². The van der Waals surface area contributed by atoms with Crippen LogP contribution in [-0.4, -0.2) is 23.3 Å². The summed E-state index contributed by atoms with van der Waals surface area (Å²) in [4.78, 5) is 24.7. The Kier molecular flexibility index (Phi) is 3.57. The molecule has 1 saturated heterocycles. The summed E-state index contributed by atoms with van der Waals surface area (Å²) in [5.41, 5.74) is 6.24. The SMILES string of the molecule is CC(c1ccc(Cl)cc1)N1CC(C(N)=O)CC1=O. The van der Waals surface area contributed by atoms with Crippen LogP contribution in [0, 0.1) is 5.92 Å². The Morgan fingerprint density at radius 3 is 2.56 bits per heavy atom. The van der Waals surface area contributed by atoms with Crippen molar-refractivity contribution in [2.24, 2.45) is 11.7 Å². The Bertz CT molecular complexity index is 472. The Morgan fingerprint density at radius 2 is 2.06 bits per heavy atom. The summed E-state index contributed by atoms with van der Waals surface area (Å²) in [7, 11) is 0. The summed E-state index contributed by atoms with van der Waals surface area (Å²) < 4.78 is 0. The standard InChI is InChI=1S/C13H15ClN2O2/c1-8(9-2-4-11(14)5-3-9)16-7-10(13(15)18)6-12(16)17/h2-5,8,10H,6-7H2,1H3,(H2,15,18). The first-order valence-corrected chi connectivity index (χ1v) is 6.21. The van der Waals surface area contributed by atoms with Crippen molar-refractivity contribution < 1.29 is 9.59 Å². The molecule has 1 aromatic rings. The average molecular weight is 267 g/mol. The molecule has 0 saturated carbocycles. The molecule has 2 rings (SSSR count). The van der Waals surface area contributed by atoms with Gasteiger partial charge >= 0.3 is 0 Å². The normalized spacial score (nSPS) is 21.1. The maximum Gasteiger partial charge on any atom is 0.223 e. The topological polar surface area (TPSA) is 63.4 Å². The predicted molar refractivity (Wildman–Crippen MR) is 68.9 cm³/mol. The number of amides is 2. The minimum atomic E-state index is -0.408. The summed E-state index contributed by atoms with van der Waals surface area (Å²) in [6.07, 6.45) is 0.216. The smallest absolute Gasteiger partial charge is 0.223 e. The first kappa shape index (κ1) is 12.9. The van der Waals surface area contributed by atoms with Crippen molar-refractivity contribution in [3.63, 3.8) is 0 Å². The third kappa shape index (κ3) is 2.48. The molecule has 2 atom stereocenters. The Hall–Kier alpha value is -1.55. The number of hydrogen-bond donors (Lipinski definition) is 1. The van der Waals surface area contributed by atoms with Crippen molar-refractivity contribution in [3.8, 4) is 0 Å². The summed E-state index contributed by atoms with van der Waals surface area (Å²) in [5, 5.41) is 0.661. The van der Waals surface area contributed by atoms with Gasteiger partial charge in [0.2, 0.25) is 11.8 Å². The van der Waals surface area contributed by atoms with Crippen LogP contribution >= 0.6 is 11.6 Å². The van der Waals surface area contributed by atoms with E-state index in [1.54, 1.807) is 17.0 Å². The lowest BCUT2D eigenvalue weighted by Crippen LogP contribution is -2.30. The van der Waals surface area contributed by atoms with Crippen molar-refractivity contribution in [2.75, 3.05) is 6.54 Å². The zero-order valence-electron chi connectivity index (χ0n) is 10.1. The van der Waals surface area contributed by atoms with Crippen LogP contribution in [0.15, 0.2) is 24.3 Å². The van der Waals surface area contributed by atoms with Gasteiger partial charge in [0.15, 0.2) is 0 Å². The highest BCUT2D eigenvalue weighted by Crippen LogP contribution is 2.28. The third-order valence-electron chi connectivity index (χ3n) is 3.38. The minimum absolute atomic E-state index is 0.0266. The number of benzene rings is 1. The van der Waals surface area contributed by atoms with Crippen LogP contribution in [0.1, 0.15) is 24.9 Å². The van der Waals surface area contributed by atoms with E-state index in [0.717, 1.165) is 5.56 Å². The van der Waals surface area contributed by atoms with Gasteiger partial charge in [-0.1, -0.05) is 23.7 Å². The van der Waals surface area contributed by atoms with E-state index >= 15 is 0 Å². The average Bonchev–Trinajstić information content (AvgIpc) is 2.71. The van der Waals surface area contributed by atoms with Crippen LogP contribution in [0.2, 0.25) is 5.02 Å². The number of likely N-dealkylation sites (tertiary alicyclic amines) is 1. The van der Waals surface area contributed by atoms with Crippen molar-refractivity contribution in [3.05, 3.63) is 34.9 Å². The van der Waals surface area contributed by atoms with Crippen molar-refractivity contribution in [1.29, 1.82) is 0 Å². The molecule has 0 aliphatic carbocycles. The number of primary amides is 1. The number of rotatable bonds is 3. The Morgan fingerprint density at radius 1 is 1.44 bits per heavy atom.